The van der Waals surface area contributed by atoms with Crippen LogP contribution in [0, 0.1) is 46.3 Å². The Morgan fingerprint density at radius 2 is 1.49 bits per heavy atom. The fraction of sp³-hybridized carbons (Fsp3) is 0.836. The predicted octanol–water partition coefficient (Wildman–Crippen LogP) is 3.11. The van der Waals surface area contributed by atoms with Gasteiger partial charge in [0.2, 0.25) is 0 Å². The zero-order chi connectivity index (χ0) is 53.3. The quantitative estimate of drug-likeness (QED) is 0.0983. The second-order valence-corrected chi connectivity index (χ2v) is 24.4. The van der Waals surface area contributed by atoms with Crippen molar-refractivity contribution in [1.82, 2.24) is 5.32 Å². The van der Waals surface area contributed by atoms with E-state index in [0.29, 0.717) is 59.1 Å². The molecule has 19 nitrogen and oxygen atoms in total. The van der Waals surface area contributed by atoms with Gasteiger partial charge in [-0.3, -0.25) is 4.79 Å². The summed E-state index contributed by atoms with van der Waals surface area (Å²) >= 11 is 5.91. The molecule has 1 aromatic rings. The molecule has 10 rings (SSSR count). The van der Waals surface area contributed by atoms with Gasteiger partial charge in [-0.25, -0.2) is 0 Å². The van der Waals surface area contributed by atoms with Crippen molar-refractivity contribution in [2.75, 3.05) is 33.0 Å². The largest absolute Gasteiger partial charge is 0.484 e. The highest BCUT2D eigenvalue weighted by atomic mass is 35.5. The predicted molar refractivity (Wildman–Crippen MR) is 266 cm³/mol. The van der Waals surface area contributed by atoms with Gasteiger partial charge in [0, 0.05) is 23.9 Å². The Kier molecular flexibility index (Phi) is 16.8. The number of hydrogen-bond acceptors (Lipinski definition) is 18. The van der Waals surface area contributed by atoms with Crippen LogP contribution in [0.5, 0.6) is 5.75 Å². The van der Waals surface area contributed by atoms with Crippen molar-refractivity contribution in [3.05, 3.63) is 40.9 Å². The molecule has 5 heterocycles. The third-order valence-electron chi connectivity index (χ3n) is 19.5. The highest BCUT2D eigenvalue weighted by molar-refractivity contribution is 6.30. The topological polar surface area (TPSA) is 263 Å². The third kappa shape index (κ3) is 10.6. The molecule has 0 radical (unpaired) electrons. The van der Waals surface area contributed by atoms with Gasteiger partial charge in [0.05, 0.1) is 44.2 Å². The summed E-state index contributed by atoms with van der Waals surface area (Å²) in [6.07, 6.45) is -10.5. The van der Waals surface area contributed by atoms with Gasteiger partial charge in [-0.05, 0) is 130 Å². The average molecular weight is 1080 g/mol. The molecule has 26 atom stereocenters. The number of hydrogen-bond donors (Lipinski definition) is 8. The van der Waals surface area contributed by atoms with Crippen molar-refractivity contribution in [2.45, 2.75) is 209 Å². The molecular formula is C55H82ClNO18. The van der Waals surface area contributed by atoms with Crippen molar-refractivity contribution < 1.29 is 87.9 Å². The Hall–Kier alpha value is -2.12. The number of amides is 1. The highest BCUT2D eigenvalue weighted by Gasteiger charge is 2.69. The second kappa shape index (κ2) is 22.4. The van der Waals surface area contributed by atoms with Crippen LogP contribution in [-0.2, 0) is 47.4 Å². The van der Waals surface area contributed by atoms with Crippen LogP contribution in [0.2, 0.25) is 5.02 Å². The normalized spacial score (nSPS) is 49.5. The van der Waals surface area contributed by atoms with Crippen LogP contribution in [0.1, 0.15) is 99.3 Å². The Balaban J connectivity index is 0.788. The van der Waals surface area contributed by atoms with Crippen LogP contribution < -0.4 is 10.1 Å². The minimum atomic E-state index is -1.74. The van der Waals surface area contributed by atoms with E-state index in [4.69, 9.17) is 59.0 Å². The summed E-state index contributed by atoms with van der Waals surface area (Å²) in [5.74, 6) is 2.58. The Labute approximate surface area is 444 Å². The molecule has 9 aliphatic rings. The lowest BCUT2D eigenvalue weighted by Gasteiger charge is -2.58. The average Bonchev–Trinajstić information content (AvgIpc) is 3.89. The van der Waals surface area contributed by atoms with Gasteiger partial charge in [-0.15, -0.1) is 0 Å². The number of ether oxygens (including phenoxy) is 10. The maximum Gasteiger partial charge on any atom is 0.258 e. The number of halogens is 1. The van der Waals surface area contributed by atoms with Gasteiger partial charge in [0.25, 0.3) is 5.91 Å². The van der Waals surface area contributed by atoms with Crippen LogP contribution >= 0.6 is 11.6 Å². The number of aliphatic hydroxyl groups excluding tert-OH is 7. The smallest absolute Gasteiger partial charge is 0.258 e. The van der Waals surface area contributed by atoms with Crippen LogP contribution in [0.25, 0.3) is 0 Å². The van der Waals surface area contributed by atoms with Gasteiger partial charge in [-0.2, -0.15) is 0 Å². The van der Waals surface area contributed by atoms with Gasteiger partial charge in [0.1, 0.15) is 66.8 Å². The van der Waals surface area contributed by atoms with E-state index in [0.717, 1.165) is 51.6 Å². The number of benzene rings is 1. The number of carbonyl (C=O) groups excluding carboxylic acids is 1. The van der Waals surface area contributed by atoms with E-state index in [1.807, 2.05) is 0 Å². The molecule has 8 N–H and O–H groups in total. The molecule has 5 aliphatic heterocycles. The van der Waals surface area contributed by atoms with Gasteiger partial charge >= 0.3 is 0 Å². The summed E-state index contributed by atoms with van der Waals surface area (Å²) < 4.78 is 62.4. The molecule has 5 saturated heterocycles. The molecule has 1 spiro atoms. The molecule has 1 aromatic carbocycles. The van der Waals surface area contributed by atoms with Crippen molar-refractivity contribution in [1.29, 1.82) is 0 Å². The summed E-state index contributed by atoms with van der Waals surface area (Å²) in [5.41, 5.74) is 1.47. The maximum absolute atomic E-state index is 12.4. The van der Waals surface area contributed by atoms with Crippen LogP contribution in [0.15, 0.2) is 35.9 Å². The number of allylic oxidation sites excluding steroid dienone is 1. The van der Waals surface area contributed by atoms with Crippen LogP contribution in [0.3, 0.4) is 0 Å². The number of nitrogens with one attached hydrogen (secondary N) is 1. The van der Waals surface area contributed by atoms with Crippen molar-refractivity contribution in [3.8, 4) is 5.75 Å². The number of aliphatic hydroxyl groups is 7. The number of rotatable bonds is 14. The molecule has 8 fully saturated rings. The van der Waals surface area contributed by atoms with Gasteiger partial charge in [0.15, 0.2) is 31.3 Å². The van der Waals surface area contributed by atoms with E-state index >= 15 is 0 Å². The fourth-order valence-electron chi connectivity index (χ4n) is 15.3. The molecular weight excluding hydrogens is 998 g/mol. The molecule has 1 amide bonds. The van der Waals surface area contributed by atoms with E-state index in [-0.39, 0.29) is 42.8 Å². The zero-order valence-corrected chi connectivity index (χ0v) is 44.8. The Bertz CT molecular complexity index is 2150. The molecule has 75 heavy (non-hydrogen) atoms. The Morgan fingerprint density at radius 1 is 0.773 bits per heavy atom. The van der Waals surface area contributed by atoms with Crippen molar-refractivity contribution >= 4 is 17.5 Å². The molecule has 422 valence electrons. The molecule has 20 heteroatoms. The zero-order valence-electron chi connectivity index (χ0n) is 44.1. The van der Waals surface area contributed by atoms with Crippen molar-refractivity contribution in [2.24, 2.45) is 46.3 Å². The SMILES string of the molecule is C[C@H]1CC[C@@]2(OC1)O[C@H]1CC3[C@@H]4CC=C5C[C@@H](O[C@@H]6O[C@H](CO)[C@@H](O[C@H]7O[C@H](C)[C@@H](OCCNC(=O)COc8ccc(Cl)cc8)[C@H](O)[C@@H]7O)[C@H](O)[C@H]6O[C@H]6O[C@H](C)[C@@H](O)[C@H](O)[C@@H]6O)CC[C@]5(C)[C@H]4CC[C@]3(C)[C@H]1[C@@H]2C. The lowest BCUT2D eigenvalue weighted by atomic mass is 9.47. The fourth-order valence-corrected chi connectivity index (χ4v) is 15.4. The van der Waals surface area contributed by atoms with E-state index in [9.17, 15) is 40.5 Å². The van der Waals surface area contributed by atoms with E-state index in [1.54, 1.807) is 31.2 Å². The summed E-state index contributed by atoms with van der Waals surface area (Å²) in [4.78, 5) is 12.4. The van der Waals surface area contributed by atoms with E-state index in [2.05, 4.69) is 39.1 Å². The lowest BCUT2D eigenvalue weighted by molar-refractivity contribution is -0.389. The van der Waals surface area contributed by atoms with Gasteiger partial charge < -0.3 is 88.4 Å². The first-order valence-corrected chi connectivity index (χ1v) is 28.0. The molecule has 4 aliphatic carbocycles. The first-order valence-electron chi connectivity index (χ1n) is 27.6. The molecule has 0 bridgehead atoms. The highest BCUT2D eigenvalue weighted by Crippen LogP contribution is 2.71. The van der Waals surface area contributed by atoms with E-state index < -0.39 is 110 Å². The monoisotopic (exact) mass is 1080 g/mol. The first kappa shape index (κ1) is 56.2. The molecule has 0 aromatic heterocycles. The van der Waals surface area contributed by atoms with E-state index in [1.165, 1.54) is 12.5 Å². The lowest BCUT2D eigenvalue weighted by Crippen LogP contribution is -2.66. The standard InChI is InChI=1S/C55H82ClNO18/c1-26-13-18-55(68-24-26)27(2)40-37(75-55)22-36-34-12-7-30-21-33(14-16-53(30,5)35(34)15-17-54(36,40)6)71-52-49(74-50-44(63)42(61)41(60)28(3)69-50)46(65)48(38(23-58)72-52)73-51-45(64)43(62)47(29(4)70-51)66-20-19-57-39(59)25-67-32-10-8-31(56)9-11-32/h7-11,26-29,33-38,40-52,58,60-65H,12-25H2,1-6H3,(H,57,59)/t26-,27-,28+,29+,33-,34+,35-,36?,37-,38+,40-,41+,42-,43+,44-,45-,46-,47+,48+,49+,50+,51+,52+,53-,54-,55+/m0/s1. The van der Waals surface area contributed by atoms with Gasteiger partial charge in [-0.1, -0.05) is 50.9 Å². The summed E-state index contributed by atoms with van der Waals surface area (Å²) in [7, 11) is 0. The second-order valence-electron chi connectivity index (χ2n) is 24.0. The third-order valence-corrected chi connectivity index (χ3v) is 19.8. The molecule has 3 saturated carbocycles. The summed E-state index contributed by atoms with van der Waals surface area (Å²) in [6, 6.07) is 6.57. The Morgan fingerprint density at radius 3 is 2.21 bits per heavy atom. The number of fused-ring (bicyclic) bond motifs is 7. The number of carbonyl (C=O) groups is 1. The van der Waals surface area contributed by atoms with Crippen LogP contribution in [0.4, 0.5) is 0 Å². The maximum atomic E-state index is 12.4. The molecule has 1 unspecified atom stereocenters. The van der Waals surface area contributed by atoms with Crippen molar-refractivity contribution in [3.63, 3.8) is 0 Å². The first-order chi connectivity index (χ1) is 35.7. The minimum Gasteiger partial charge on any atom is -0.484 e. The summed E-state index contributed by atoms with van der Waals surface area (Å²) in [5, 5.41) is 81.3. The minimum absolute atomic E-state index is 0.0441. The summed E-state index contributed by atoms with van der Waals surface area (Å²) in [6.45, 7) is 12.6. The van der Waals surface area contributed by atoms with Crippen LogP contribution in [-0.4, -0.2) is 185 Å².